The molecule has 3 rings (SSSR count). The zero-order chi connectivity index (χ0) is 11.1. The van der Waals surface area contributed by atoms with Gasteiger partial charge in [0.15, 0.2) is 0 Å². The Balaban J connectivity index is 2.13. The summed E-state index contributed by atoms with van der Waals surface area (Å²) in [4.78, 5) is 5.97. The largest absolute Gasteiger partial charge is 0.399 e. The van der Waals surface area contributed by atoms with Gasteiger partial charge < -0.3 is 10.7 Å². The van der Waals surface area contributed by atoms with E-state index in [4.69, 9.17) is 5.73 Å². The van der Waals surface area contributed by atoms with Gasteiger partial charge in [-0.15, -0.1) is 0 Å². The van der Waals surface area contributed by atoms with Crippen molar-refractivity contribution in [2.75, 3.05) is 18.8 Å². The highest BCUT2D eigenvalue weighted by atomic mass is 15.1. The molecule has 3 nitrogen and oxygen atoms in total. The van der Waals surface area contributed by atoms with Crippen LogP contribution in [-0.4, -0.2) is 23.0 Å². The van der Waals surface area contributed by atoms with E-state index in [9.17, 15) is 0 Å². The molecular weight excluding hydrogens is 198 g/mol. The zero-order valence-corrected chi connectivity index (χ0v) is 9.59. The molecule has 0 amide bonds. The van der Waals surface area contributed by atoms with Gasteiger partial charge in [0, 0.05) is 35.4 Å². The summed E-state index contributed by atoms with van der Waals surface area (Å²) in [6.45, 7) is 5.54. The third-order valence-corrected chi connectivity index (χ3v) is 3.53. The fraction of sp³-hybridized carbons (Fsp3) is 0.385. The van der Waals surface area contributed by atoms with Crippen LogP contribution in [0.4, 0.5) is 5.69 Å². The van der Waals surface area contributed by atoms with Crippen LogP contribution < -0.4 is 5.73 Å². The van der Waals surface area contributed by atoms with Crippen LogP contribution in [0, 0.1) is 0 Å². The van der Waals surface area contributed by atoms with Crippen molar-refractivity contribution >= 4 is 16.6 Å². The number of hydrogen-bond acceptors (Lipinski definition) is 2. The predicted molar refractivity (Wildman–Crippen MR) is 67.4 cm³/mol. The average molecular weight is 215 g/mol. The van der Waals surface area contributed by atoms with Gasteiger partial charge in [-0.3, -0.25) is 4.90 Å². The number of benzene rings is 1. The van der Waals surface area contributed by atoms with Crippen LogP contribution in [0.5, 0.6) is 0 Å². The third-order valence-electron chi connectivity index (χ3n) is 3.53. The molecule has 3 heteroatoms. The molecule has 3 N–H and O–H groups in total. The number of aromatic nitrogens is 1. The number of nitrogen functional groups attached to an aromatic ring is 1. The Hall–Kier alpha value is -1.48. The van der Waals surface area contributed by atoms with Crippen molar-refractivity contribution in [3.05, 3.63) is 29.5 Å². The van der Waals surface area contributed by atoms with Crippen molar-refractivity contribution in [3.8, 4) is 0 Å². The van der Waals surface area contributed by atoms with E-state index in [-0.39, 0.29) is 0 Å². The number of anilines is 1. The van der Waals surface area contributed by atoms with Crippen LogP contribution in [0.25, 0.3) is 10.9 Å². The first-order valence-corrected chi connectivity index (χ1v) is 5.89. The Morgan fingerprint density at radius 1 is 1.44 bits per heavy atom. The first-order valence-electron chi connectivity index (χ1n) is 5.89. The van der Waals surface area contributed by atoms with Gasteiger partial charge in [0.1, 0.15) is 0 Å². The number of aromatic amines is 1. The highest BCUT2D eigenvalue weighted by Gasteiger charge is 2.19. The lowest BCUT2D eigenvalue weighted by molar-refractivity contribution is 0.266. The summed E-state index contributed by atoms with van der Waals surface area (Å²) in [6.07, 6.45) is 1.13. The number of hydrogen-bond donors (Lipinski definition) is 2. The quantitative estimate of drug-likeness (QED) is 0.716. The highest BCUT2D eigenvalue weighted by Crippen LogP contribution is 2.28. The second-order valence-electron chi connectivity index (χ2n) is 4.51. The van der Waals surface area contributed by atoms with Crippen LogP contribution in [0.2, 0.25) is 0 Å². The highest BCUT2D eigenvalue weighted by molar-refractivity contribution is 5.87. The third kappa shape index (κ3) is 1.39. The van der Waals surface area contributed by atoms with Gasteiger partial charge in [0.25, 0.3) is 0 Å². The van der Waals surface area contributed by atoms with E-state index in [0.717, 1.165) is 31.7 Å². The molecule has 0 radical (unpaired) electrons. The minimum Gasteiger partial charge on any atom is -0.399 e. The Morgan fingerprint density at radius 3 is 3.12 bits per heavy atom. The van der Waals surface area contributed by atoms with Gasteiger partial charge in [0.2, 0.25) is 0 Å². The van der Waals surface area contributed by atoms with Gasteiger partial charge in [-0.2, -0.15) is 0 Å². The molecule has 1 aliphatic heterocycles. The number of nitrogens with two attached hydrogens (primary N) is 1. The normalized spacial score (nSPS) is 16.6. The van der Waals surface area contributed by atoms with Crippen molar-refractivity contribution in [2.24, 2.45) is 0 Å². The van der Waals surface area contributed by atoms with Crippen LogP contribution in [0.3, 0.4) is 0 Å². The lowest BCUT2D eigenvalue weighted by atomic mass is 10.0. The Bertz CT molecular complexity index is 527. The molecule has 1 aromatic heterocycles. The van der Waals surface area contributed by atoms with E-state index in [1.165, 1.54) is 22.2 Å². The number of rotatable bonds is 1. The summed E-state index contributed by atoms with van der Waals surface area (Å²) in [5.74, 6) is 0. The number of fused-ring (bicyclic) bond motifs is 3. The maximum Gasteiger partial charge on any atom is 0.0460 e. The van der Waals surface area contributed by atoms with Crippen LogP contribution in [0.15, 0.2) is 18.2 Å². The molecule has 0 atom stereocenters. The maximum atomic E-state index is 5.85. The van der Waals surface area contributed by atoms with E-state index in [1.807, 2.05) is 6.07 Å². The van der Waals surface area contributed by atoms with Crippen LogP contribution in [0.1, 0.15) is 18.2 Å². The van der Waals surface area contributed by atoms with Crippen LogP contribution >= 0.6 is 0 Å². The first-order chi connectivity index (χ1) is 7.78. The maximum absolute atomic E-state index is 5.85. The Morgan fingerprint density at radius 2 is 2.31 bits per heavy atom. The van der Waals surface area contributed by atoms with E-state index in [0.29, 0.717) is 0 Å². The number of nitrogens with one attached hydrogen (secondary N) is 1. The van der Waals surface area contributed by atoms with Crippen molar-refractivity contribution in [1.82, 2.24) is 9.88 Å². The molecular formula is C13H17N3. The molecule has 84 valence electrons. The summed E-state index contributed by atoms with van der Waals surface area (Å²) in [5, 5.41) is 1.31. The summed E-state index contributed by atoms with van der Waals surface area (Å²) in [5.41, 5.74) is 10.8. The summed E-state index contributed by atoms with van der Waals surface area (Å²) < 4.78 is 0. The molecule has 0 aliphatic carbocycles. The molecule has 1 aromatic carbocycles. The predicted octanol–water partition coefficient (Wildman–Crippen LogP) is 2.13. The molecule has 2 aromatic rings. The first kappa shape index (κ1) is 9.73. The average Bonchev–Trinajstić information content (AvgIpc) is 2.66. The van der Waals surface area contributed by atoms with E-state index in [1.54, 1.807) is 0 Å². The van der Waals surface area contributed by atoms with Gasteiger partial charge in [-0.25, -0.2) is 0 Å². The number of nitrogens with zero attached hydrogens (tertiary/aromatic N) is 1. The molecule has 0 unspecified atom stereocenters. The SMILES string of the molecule is CCN1CCc2c([nH]c3ccc(N)cc23)C1. The summed E-state index contributed by atoms with van der Waals surface area (Å²) in [7, 11) is 0. The molecule has 1 aliphatic rings. The molecule has 0 bridgehead atoms. The summed E-state index contributed by atoms with van der Waals surface area (Å²) >= 11 is 0. The number of likely N-dealkylation sites (N-methyl/N-ethyl adjacent to an activating group) is 1. The van der Waals surface area contributed by atoms with Crippen molar-refractivity contribution < 1.29 is 0 Å². The monoisotopic (exact) mass is 215 g/mol. The molecule has 2 heterocycles. The molecule has 16 heavy (non-hydrogen) atoms. The standard InChI is InChI=1S/C13H17N3/c1-2-16-6-5-10-11-7-9(14)3-4-12(11)15-13(10)8-16/h3-4,7,15H,2,5-6,8,14H2,1H3. The minimum atomic E-state index is 0.854. The van der Waals surface area contributed by atoms with Gasteiger partial charge in [-0.1, -0.05) is 6.92 Å². The van der Waals surface area contributed by atoms with Crippen molar-refractivity contribution in [2.45, 2.75) is 19.9 Å². The summed E-state index contributed by atoms with van der Waals surface area (Å²) in [6, 6.07) is 6.13. The van der Waals surface area contributed by atoms with E-state index in [2.05, 4.69) is 28.9 Å². The Labute approximate surface area is 95.2 Å². The molecule has 0 saturated carbocycles. The number of H-pyrrole nitrogens is 1. The van der Waals surface area contributed by atoms with Gasteiger partial charge in [-0.05, 0) is 36.7 Å². The Kier molecular flexibility index (Phi) is 2.14. The lowest BCUT2D eigenvalue weighted by Gasteiger charge is -2.25. The van der Waals surface area contributed by atoms with Crippen molar-refractivity contribution in [1.29, 1.82) is 0 Å². The molecule has 0 spiro atoms. The topological polar surface area (TPSA) is 45.0 Å². The van der Waals surface area contributed by atoms with Crippen molar-refractivity contribution in [3.63, 3.8) is 0 Å². The zero-order valence-electron chi connectivity index (χ0n) is 9.59. The van der Waals surface area contributed by atoms with E-state index < -0.39 is 0 Å². The van der Waals surface area contributed by atoms with E-state index >= 15 is 0 Å². The smallest absolute Gasteiger partial charge is 0.0460 e. The second kappa shape index (κ2) is 3.52. The van der Waals surface area contributed by atoms with Crippen LogP contribution in [-0.2, 0) is 13.0 Å². The molecule has 0 saturated heterocycles. The molecule has 0 fully saturated rings. The fourth-order valence-electron chi connectivity index (χ4n) is 2.58. The van der Waals surface area contributed by atoms with Gasteiger partial charge in [0.05, 0.1) is 0 Å². The van der Waals surface area contributed by atoms with Gasteiger partial charge >= 0.3 is 0 Å². The second-order valence-corrected chi connectivity index (χ2v) is 4.51. The minimum absolute atomic E-state index is 0.854. The fourth-order valence-corrected chi connectivity index (χ4v) is 2.58. The lowest BCUT2D eigenvalue weighted by Crippen LogP contribution is -2.29.